The van der Waals surface area contributed by atoms with Crippen molar-refractivity contribution in [3.05, 3.63) is 29.8 Å². The Morgan fingerprint density at radius 1 is 1.14 bits per heavy atom. The lowest BCUT2D eigenvalue weighted by Gasteiger charge is -2.23. The quantitative estimate of drug-likeness (QED) is 0.0317. The molecule has 0 spiro atoms. The van der Waals surface area contributed by atoms with Gasteiger partial charge in [-0.3, -0.25) is 9.59 Å². The number of nitrogens with one attached hydrogen (secondary N) is 2. The molecule has 14 nitrogen and oxygen atoms in total. The minimum absolute atomic E-state index is 0.132. The third-order valence-electron chi connectivity index (χ3n) is 6.15. The van der Waals surface area contributed by atoms with Crippen LogP contribution in [0.25, 0.3) is 0 Å². The molecule has 49 heavy (non-hydrogen) atoms. The van der Waals surface area contributed by atoms with E-state index in [0.717, 1.165) is 0 Å². The number of hydrogen-bond donors (Lipinski definition) is 4. The predicted octanol–water partition coefficient (Wildman–Crippen LogP) is 1.99. The molecule has 0 aromatic heterocycles. The third kappa shape index (κ3) is 18.7. The molecule has 1 aliphatic heterocycles. The first-order valence-electron chi connectivity index (χ1n) is 15.5. The summed E-state index contributed by atoms with van der Waals surface area (Å²) in [6.45, 7) is 4.61. The fraction of sp³-hybridized carbons (Fsp3) is 0.633. The smallest absolute Gasteiger partial charge is 0.490 e. The highest BCUT2D eigenvalue weighted by atomic mass is 33.1. The lowest BCUT2D eigenvalue weighted by atomic mass is 9.71. The van der Waals surface area contributed by atoms with Crippen molar-refractivity contribution < 1.29 is 52.6 Å². The molecule has 0 bridgehead atoms. The molecule has 5 atom stereocenters. The Bertz CT molecular complexity index is 1200. The molecule has 19 heteroatoms. The monoisotopic (exact) mass is 763 g/mol. The van der Waals surface area contributed by atoms with Gasteiger partial charge in [0, 0.05) is 24.7 Å². The first-order chi connectivity index (χ1) is 23.7. The van der Waals surface area contributed by atoms with Crippen LogP contribution in [-0.4, -0.2) is 131 Å². The second kappa shape index (κ2) is 25.9. The number of ether oxygens (including phenoxy) is 7. The number of nitrogens with two attached hydrogens (primary N) is 1. The van der Waals surface area contributed by atoms with Crippen LogP contribution in [0.1, 0.15) is 30.6 Å². The lowest BCUT2D eigenvalue weighted by Crippen LogP contribution is -2.32. The maximum absolute atomic E-state index is 12.2. The molecule has 2 amide bonds. The fourth-order valence-electron chi connectivity index (χ4n) is 4.06. The Kier molecular flexibility index (Phi) is 22.8. The van der Waals surface area contributed by atoms with Gasteiger partial charge in [0.05, 0.1) is 38.6 Å². The van der Waals surface area contributed by atoms with Crippen molar-refractivity contribution >= 4 is 68.4 Å². The van der Waals surface area contributed by atoms with Gasteiger partial charge in [0.25, 0.3) is 11.5 Å². The third-order valence-corrected chi connectivity index (χ3v) is 9.66. The molecule has 1 aliphatic rings. The molecule has 1 saturated heterocycles. The molecule has 1 aromatic rings. The van der Waals surface area contributed by atoms with Gasteiger partial charge in [-0.1, -0.05) is 44.4 Å². The zero-order valence-electron chi connectivity index (χ0n) is 28.1. The van der Waals surface area contributed by atoms with Gasteiger partial charge < -0.3 is 54.6 Å². The molecule has 5 N–H and O–H groups in total. The van der Waals surface area contributed by atoms with Gasteiger partial charge in [0.2, 0.25) is 13.2 Å². The van der Waals surface area contributed by atoms with Gasteiger partial charge in [-0.15, -0.1) is 0 Å². The zero-order chi connectivity index (χ0) is 35.9. The van der Waals surface area contributed by atoms with Crippen LogP contribution in [0.15, 0.2) is 24.3 Å². The number of hydrogen-bond acceptors (Lipinski definition) is 16. The molecule has 0 radical (unpaired) electrons. The number of aliphatic hydroxyl groups is 1. The van der Waals surface area contributed by atoms with E-state index in [-0.39, 0.29) is 68.9 Å². The van der Waals surface area contributed by atoms with Crippen molar-refractivity contribution in [1.82, 2.24) is 10.6 Å². The van der Waals surface area contributed by atoms with Gasteiger partial charge in [-0.2, -0.15) is 5.82 Å². The summed E-state index contributed by atoms with van der Waals surface area (Å²) in [6.07, 6.45) is 1.93. The van der Waals surface area contributed by atoms with E-state index in [1.165, 1.54) is 43.2 Å². The summed E-state index contributed by atoms with van der Waals surface area (Å²) >= 11 is 0. The average Bonchev–Trinajstić information content (AvgIpc) is 3.46. The number of aliphatic hydroxyl groups excluding tert-OH is 1. The van der Waals surface area contributed by atoms with Crippen LogP contribution in [-0.2, 0) is 33.2 Å². The molecule has 0 saturated carbocycles. The minimum atomic E-state index is -0.931. The Morgan fingerprint density at radius 3 is 2.65 bits per heavy atom. The number of carbonyl (C=O) groups excluding carboxylic acids is 3. The lowest BCUT2D eigenvalue weighted by molar-refractivity contribution is -0.126. The second-order valence-electron chi connectivity index (χ2n) is 10.3. The van der Waals surface area contributed by atoms with E-state index in [1.807, 2.05) is 12.5 Å². The van der Waals surface area contributed by atoms with Crippen LogP contribution in [0.2, 0.25) is 0 Å². The first-order valence-corrected chi connectivity index (χ1v) is 20.7. The van der Waals surface area contributed by atoms with E-state index < -0.39 is 24.0 Å². The number of benzene rings is 1. The highest BCUT2D eigenvalue weighted by molar-refractivity contribution is 8.76. The number of amides is 2. The van der Waals surface area contributed by atoms with Gasteiger partial charge in [0.15, 0.2) is 0 Å². The molecule has 1 fully saturated rings. The fourth-order valence-corrected chi connectivity index (χ4v) is 6.72. The summed E-state index contributed by atoms with van der Waals surface area (Å²) in [5.41, 5.74) is 4.69. The normalized spacial score (nSPS) is 18.1. The second-order valence-corrected chi connectivity index (χ2v) is 15.4. The summed E-state index contributed by atoms with van der Waals surface area (Å²) in [5, 5.41) is 15.2. The van der Waals surface area contributed by atoms with E-state index in [2.05, 4.69) is 22.4 Å². The van der Waals surface area contributed by atoms with Crippen LogP contribution in [0.3, 0.4) is 0 Å². The zero-order valence-corrected chi connectivity index (χ0v) is 31.4. The standard InChI is InChI=1S/C30H46BN3O11S4/c1-20(2)42-29(38)45-30(49-47-4)44-23-16-25(43-24(23)17-35)31-9-6-11-33-26(36)18-39-13-14-40-27(48-46-3)19-41-22-8-5-7-21(15-22)28(37)34-12-10-32/h5,7-8,15,20,23-25,27,30-31,35H,10-14,16-19,32H2,1-4H3,(H,33,36)(H,34,37)/t23-,24?,25-,27?,30+/m1/s1. The summed E-state index contributed by atoms with van der Waals surface area (Å²) in [4.78, 5) is 36.2. The highest BCUT2D eigenvalue weighted by Crippen LogP contribution is 2.32. The molecule has 2 unspecified atom stereocenters. The summed E-state index contributed by atoms with van der Waals surface area (Å²) in [7, 11) is 5.95. The van der Waals surface area contributed by atoms with Crippen LogP contribution >= 0.6 is 43.2 Å². The van der Waals surface area contributed by atoms with Crippen molar-refractivity contribution in [3.63, 3.8) is 0 Å². The van der Waals surface area contributed by atoms with Gasteiger partial charge in [0.1, 0.15) is 30.5 Å². The molecular formula is C30H46BN3O11S4. The predicted molar refractivity (Wildman–Crippen MR) is 196 cm³/mol. The van der Waals surface area contributed by atoms with Crippen molar-refractivity contribution in [3.8, 4) is 17.5 Å². The first kappa shape index (κ1) is 43.2. The molecule has 274 valence electrons. The van der Waals surface area contributed by atoms with Crippen molar-refractivity contribution in [1.29, 1.82) is 0 Å². The molecule has 1 aromatic carbocycles. The maximum atomic E-state index is 12.2. The summed E-state index contributed by atoms with van der Waals surface area (Å²) in [5.74, 6) is 5.87. The molecule has 2 rings (SSSR count). The summed E-state index contributed by atoms with van der Waals surface area (Å²) < 4.78 is 39.2. The average molecular weight is 764 g/mol. The van der Waals surface area contributed by atoms with E-state index in [1.54, 1.807) is 38.1 Å². The van der Waals surface area contributed by atoms with E-state index in [0.29, 0.717) is 38.1 Å². The SMILES string of the molecule is CSSC(COc1cccc(C(=O)NCCN)c1)OCCOCC(=O)NCC#CB[C@H]1C[C@@H](O[C@@H](OC(=O)OC(C)C)SSC)C(CO)O1. The van der Waals surface area contributed by atoms with Crippen molar-refractivity contribution in [2.45, 2.75) is 55.6 Å². The van der Waals surface area contributed by atoms with Gasteiger partial charge in [-0.05, 0) is 61.8 Å². The van der Waals surface area contributed by atoms with Crippen LogP contribution < -0.4 is 21.1 Å². The van der Waals surface area contributed by atoms with Crippen molar-refractivity contribution in [2.24, 2.45) is 5.73 Å². The topological polar surface area (TPSA) is 186 Å². The molecule has 1 heterocycles. The number of rotatable bonds is 23. The Morgan fingerprint density at radius 2 is 1.94 bits per heavy atom. The molecule has 0 aliphatic carbocycles. The minimum Gasteiger partial charge on any atom is -0.490 e. The van der Waals surface area contributed by atoms with Crippen LogP contribution in [0, 0.1) is 11.7 Å². The maximum Gasteiger partial charge on any atom is 0.511 e. The Balaban J connectivity index is 1.64. The highest BCUT2D eigenvalue weighted by Gasteiger charge is 2.38. The van der Waals surface area contributed by atoms with E-state index in [9.17, 15) is 19.5 Å². The number of carbonyl (C=O) groups is 3. The Hall–Kier alpha value is -1.99. The van der Waals surface area contributed by atoms with Crippen molar-refractivity contribution in [2.75, 3.05) is 65.2 Å². The largest absolute Gasteiger partial charge is 0.511 e. The van der Waals surface area contributed by atoms with Gasteiger partial charge in [-0.25, -0.2) is 4.79 Å². The molecular weight excluding hydrogens is 717 g/mol. The van der Waals surface area contributed by atoms with E-state index >= 15 is 0 Å². The van der Waals surface area contributed by atoms with Crippen LogP contribution in [0.4, 0.5) is 4.79 Å². The van der Waals surface area contributed by atoms with Crippen LogP contribution in [0.5, 0.6) is 5.75 Å². The van der Waals surface area contributed by atoms with Gasteiger partial charge >= 0.3 is 6.16 Å². The Labute approximate surface area is 304 Å². The summed E-state index contributed by atoms with van der Waals surface area (Å²) in [6, 6.07) is 6.57. The van der Waals surface area contributed by atoms with E-state index in [4.69, 9.17) is 38.9 Å².